The van der Waals surface area contributed by atoms with Gasteiger partial charge in [0.2, 0.25) is 0 Å². The molecule has 1 aliphatic rings. The standard InChI is InChI=1S/C11H12BrN3O3S/c12-11-8(1-3-18-11)9-5-10(13)15(14-9)7-2-4-19(16,17)6-7/h1,3,5,7H,2,4,6,13H2. The number of halogens is 1. The zero-order valence-corrected chi connectivity index (χ0v) is 12.3. The number of hydrogen-bond donors (Lipinski definition) is 1. The lowest BCUT2D eigenvalue weighted by atomic mass is 10.2. The first-order valence-corrected chi connectivity index (χ1v) is 8.36. The summed E-state index contributed by atoms with van der Waals surface area (Å²) in [6, 6.07) is 3.33. The minimum Gasteiger partial charge on any atom is -0.457 e. The molecule has 6 nitrogen and oxygen atoms in total. The Labute approximate surface area is 118 Å². The Morgan fingerprint density at radius 2 is 2.32 bits per heavy atom. The van der Waals surface area contributed by atoms with Crippen molar-refractivity contribution in [2.75, 3.05) is 17.2 Å². The van der Waals surface area contributed by atoms with Gasteiger partial charge in [0, 0.05) is 6.07 Å². The summed E-state index contributed by atoms with van der Waals surface area (Å²) >= 11 is 3.29. The quantitative estimate of drug-likeness (QED) is 0.896. The van der Waals surface area contributed by atoms with Crippen LogP contribution in [0, 0.1) is 0 Å². The summed E-state index contributed by atoms with van der Waals surface area (Å²) < 4.78 is 30.4. The lowest BCUT2D eigenvalue weighted by Gasteiger charge is -2.09. The van der Waals surface area contributed by atoms with Gasteiger partial charge in [-0.05, 0) is 28.4 Å². The molecule has 3 heterocycles. The molecule has 1 unspecified atom stereocenters. The van der Waals surface area contributed by atoms with Crippen molar-refractivity contribution in [3.05, 3.63) is 23.1 Å². The van der Waals surface area contributed by atoms with Crippen molar-refractivity contribution in [2.24, 2.45) is 0 Å². The summed E-state index contributed by atoms with van der Waals surface area (Å²) in [6.45, 7) is 0. The predicted octanol–water partition coefficient (Wildman–Crippen LogP) is 1.85. The zero-order valence-electron chi connectivity index (χ0n) is 9.91. The molecule has 0 saturated carbocycles. The van der Waals surface area contributed by atoms with E-state index in [2.05, 4.69) is 21.0 Å². The normalized spacial score (nSPS) is 21.8. The number of nitrogen functional groups attached to an aromatic ring is 1. The molecule has 2 aromatic rings. The third-order valence-electron chi connectivity index (χ3n) is 3.21. The summed E-state index contributed by atoms with van der Waals surface area (Å²) in [6.07, 6.45) is 2.11. The number of aromatic nitrogens is 2. The Morgan fingerprint density at radius 3 is 2.89 bits per heavy atom. The molecule has 0 radical (unpaired) electrons. The van der Waals surface area contributed by atoms with Gasteiger partial charge in [-0.25, -0.2) is 13.1 Å². The van der Waals surface area contributed by atoms with Crippen molar-refractivity contribution >= 4 is 31.6 Å². The Bertz CT molecular complexity index is 719. The van der Waals surface area contributed by atoms with Crippen LogP contribution >= 0.6 is 15.9 Å². The van der Waals surface area contributed by atoms with Crippen molar-refractivity contribution in [1.29, 1.82) is 0 Å². The molecular weight excluding hydrogens is 334 g/mol. The number of anilines is 1. The highest BCUT2D eigenvalue weighted by Crippen LogP contribution is 2.32. The van der Waals surface area contributed by atoms with Crippen molar-refractivity contribution in [2.45, 2.75) is 12.5 Å². The van der Waals surface area contributed by atoms with Crippen LogP contribution in [0.15, 0.2) is 27.5 Å². The lowest BCUT2D eigenvalue weighted by Crippen LogP contribution is -2.14. The average molecular weight is 346 g/mol. The van der Waals surface area contributed by atoms with Gasteiger partial charge in [-0.3, -0.25) is 0 Å². The minimum atomic E-state index is -2.96. The van der Waals surface area contributed by atoms with Crippen LogP contribution in [-0.4, -0.2) is 29.7 Å². The van der Waals surface area contributed by atoms with Gasteiger partial charge in [-0.15, -0.1) is 0 Å². The Kier molecular flexibility index (Phi) is 2.94. The van der Waals surface area contributed by atoms with Crippen molar-refractivity contribution in [3.8, 4) is 11.3 Å². The monoisotopic (exact) mass is 345 g/mol. The third kappa shape index (κ3) is 2.30. The fraction of sp³-hybridized carbons (Fsp3) is 0.364. The average Bonchev–Trinajstić information content (AvgIpc) is 2.98. The van der Waals surface area contributed by atoms with Crippen LogP contribution in [0.2, 0.25) is 0 Å². The number of sulfone groups is 1. The summed E-state index contributed by atoms with van der Waals surface area (Å²) in [7, 11) is -2.96. The highest BCUT2D eigenvalue weighted by atomic mass is 79.9. The maximum atomic E-state index is 11.5. The number of nitrogens with two attached hydrogens (primary N) is 1. The van der Waals surface area contributed by atoms with E-state index in [0.717, 1.165) is 5.56 Å². The molecular formula is C11H12BrN3O3S. The first kappa shape index (κ1) is 12.7. The van der Waals surface area contributed by atoms with E-state index in [1.54, 1.807) is 23.1 Å². The van der Waals surface area contributed by atoms with Crippen LogP contribution in [0.4, 0.5) is 5.82 Å². The van der Waals surface area contributed by atoms with Gasteiger partial charge < -0.3 is 10.2 Å². The van der Waals surface area contributed by atoms with Crippen LogP contribution < -0.4 is 5.73 Å². The van der Waals surface area contributed by atoms with Crippen LogP contribution in [0.1, 0.15) is 12.5 Å². The lowest BCUT2D eigenvalue weighted by molar-refractivity contribution is 0.507. The van der Waals surface area contributed by atoms with Crippen LogP contribution in [0.5, 0.6) is 0 Å². The van der Waals surface area contributed by atoms with Gasteiger partial charge in [-0.2, -0.15) is 5.10 Å². The van der Waals surface area contributed by atoms with Gasteiger partial charge in [-0.1, -0.05) is 0 Å². The molecule has 1 aliphatic heterocycles. The molecule has 2 N–H and O–H groups in total. The topological polar surface area (TPSA) is 91.1 Å². The molecule has 1 fully saturated rings. The van der Waals surface area contributed by atoms with Gasteiger partial charge in [0.05, 0.1) is 35.1 Å². The maximum absolute atomic E-state index is 11.5. The fourth-order valence-corrected chi connectivity index (χ4v) is 4.41. The third-order valence-corrected chi connectivity index (χ3v) is 5.58. The molecule has 0 aliphatic carbocycles. The van der Waals surface area contributed by atoms with E-state index in [1.165, 1.54) is 0 Å². The molecule has 102 valence electrons. The Hall–Kier alpha value is -1.28. The summed E-state index contributed by atoms with van der Waals surface area (Å²) in [4.78, 5) is 0. The van der Waals surface area contributed by atoms with E-state index in [1.807, 2.05) is 0 Å². The maximum Gasteiger partial charge on any atom is 0.178 e. The zero-order chi connectivity index (χ0) is 13.6. The number of rotatable bonds is 2. The minimum absolute atomic E-state index is 0.102. The van der Waals surface area contributed by atoms with Gasteiger partial charge >= 0.3 is 0 Å². The summed E-state index contributed by atoms with van der Waals surface area (Å²) in [5.41, 5.74) is 7.39. The van der Waals surface area contributed by atoms with E-state index < -0.39 is 9.84 Å². The van der Waals surface area contributed by atoms with Crippen LogP contribution in [-0.2, 0) is 9.84 Å². The van der Waals surface area contributed by atoms with Crippen LogP contribution in [0.25, 0.3) is 11.3 Å². The second-order valence-electron chi connectivity index (χ2n) is 4.56. The molecule has 3 rings (SSSR count). The van der Waals surface area contributed by atoms with Gasteiger partial charge in [0.1, 0.15) is 5.82 Å². The molecule has 0 spiro atoms. The van der Waals surface area contributed by atoms with Crippen LogP contribution in [0.3, 0.4) is 0 Å². The molecule has 0 bridgehead atoms. The first-order valence-electron chi connectivity index (χ1n) is 5.75. The number of furan rings is 1. The summed E-state index contributed by atoms with van der Waals surface area (Å²) in [5, 5.41) is 4.40. The molecule has 0 amide bonds. The molecule has 8 heteroatoms. The van der Waals surface area contributed by atoms with Gasteiger partial charge in [0.25, 0.3) is 0 Å². The first-order chi connectivity index (χ1) is 8.96. The predicted molar refractivity (Wildman–Crippen MR) is 74.3 cm³/mol. The van der Waals surface area contributed by atoms with E-state index in [9.17, 15) is 8.42 Å². The fourth-order valence-electron chi connectivity index (χ4n) is 2.28. The Morgan fingerprint density at radius 1 is 1.53 bits per heavy atom. The van der Waals surface area contributed by atoms with Crippen molar-refractivity contribution in [3.63, 3.8) is 0 Å². The smallest absolute Gasteiger partial charge is 0.178 e. The van der Waals surface area contributed by atoms with E-state index in [4.69, 9.17) is 10.2 Å². The van der Waals surface area contributed by atoms with E-state index in [-0.39, 0.29) is 17.5 Å². The largest absolute Gasteiger partial charge is 0.457 e. The molecule has 1 atom stereocenters. The molecule has 0 aromatic carbocycles. The molecule has 2 aromatic heterocycles. The molecule has 19 heavy (non-hydrogen) atoms. The Balaban J connectivity index is 1.97. The number of nitrogens with zero attached hydrogens (tertiary/aromatic N) is 2. The SMILES string of the molecule is Nc1cc(-c2ccoc2Br)nn1C1CCS(=O)(=O)C1. The van der Waals surface area contributed by atoms with E-state index >= 15 is 0 Å². The molecule has 1 saturated heterocycles. The summed E-state index contributed by atoms with van der Waals surface area (Å²) in [5.74, 6) is 0.761. The van der Waals surface area contributed by atoms with E-state index in [0.29, 0.717) is 22.6 Å². The highest BCUT2D eigenvalue weighted by molar-refractivity contribution is 9.10. The van der Waals surface area contributed by atoms with Crippen molar-refractivity contribution in [1.82, 2.24) is 9.78 Å². The second kappa shape index (κ2) is 4.38. The second-order valence-corrected chi connectivity index (χ2v) is 7.51. The highest BCUT2D eigenvalue weighted by Gasteiger charge is 2.31. The van der Waals surface area contributed by atoms with Crippen molar-refractivity contribution < 1.29 is 12.8 Å². The van der Waals surface area contributed by atoms with Gasteiger partial charge in [0.15, 0.2) is 14.5 Å². The number of hydrogen-bond acceptors (Lipinski definition) is 5.